The van der Waals surface area contributed by atoms with Crippen LogP contribution in [0.25, 0.3) is 0 Å². The number of hydrogen-bond acceptors (Lipinski definition) is 2. The minimum absolute atomic E-state index is 0.0865. The molecule has 1 atom stereocenters. The van der Waals surface area contributed by atoms with E-state index in [1.807, 2.05) is 0 Å². The second kappa shape index (κ2) is 5.95. The molecule has 1 unspecified atom stereocenters. The zero-order valence-corrected chi connectivity index (χ0v) is 12.1. The Bertz CT molecular complexity index is 647. The van der Waals surface area contributed by atoms with Gasteiger partial charge in [-0.2, -0.15) is 0 Å². The van der Waals surface area contributed by atoms with Crippen molar-refractivity contribution >= 4 is 15.9 Å². The molecule has 2 aromatic carbocycles. The third-order valence-corrected chi connectivity index (χ3v) is 3.66. The number of halogens is 4. The molecule has 0 fully saturated rings. The Morgan fingerprint density at radius 1 is 1.10 bits per heavy atom. The predicted molar refractivity (Wildman–Crippen MR) is 74.4 cm³/mol. The van der Waals surface area contributed by atoms with Crippen molar-refractivity contribution in [1.29, 1.82) is 0 Å². The van der Waals surface area contributed by atoms with Gasteiger partial charge >= 0.3 is 0 Å². The highest BCUT2D eigenvalue weighted by Crippen LogP contribution is 2.30. The van der Waals surface area contributed by atoms with Gasteiger partial charge in [0.05, 0.1) is 10.5 Å². The Morgan fingerprint density at radius 2 is 1.80 bits per heavy atom. The minimum Gasteiger partial charge on any atom is -0.271 e. The molecule has 6 heteroatoms. The first-order valence-corrected chi connectivity index (χ1v) is 6.60. The lowest BCUT2D eigenvalue weighted by Gasteiger charge is -2.19. The molecular weight excluding hydrogens is 333 g/mol. The standard InChI is InChI=1S/C14H12BrF3N2/c1-7-5-9(12(17)6-11(7)16)14(20-19)8-3-2-4-10(15)13(8)18/h2-6,14,20H,19H2,1H3. The van der Waals surface area contributed by atoms with E-state index in [0.717, 1.165) is 6.07 Å². The maximum atomic E-state index is 14.1. The Hall–Kier alpha value is -1.37. The first-order valence-electron chi connectivity index (χ1n) is 5.81. The first kappa shape index (κ1) is 15.0. The number of nitrogens with two attached hydrogens (primary N) is 1. The summed E-state index contributed by atoms with van der Waals surface area (Å²) in [5.41, 5.74) is 2.89. The van der Waals surface area contributed by atoms with Crippen LogP contribution in [0.1, 0.15) is 22.7 Å². The normalized spacial score (nSPS) is 12.5. The minimum atomic E-state index is -0.910. The van der Waals surface area contributed by atoms with E-state index in [0.29, 0.717) is 0 Å². The van der Waals surface area contributed by atoms with Gasteiger partial charge in [0, 0.05) is 17.2 Å². The second-order valence-electron chi connectivity index (χ2n) is 4.37. The van der Waals surface area contributed by atoms with Gasteiger partial charge in [0.1, 0.15) is 17.5 Å². The van der Waals surface area contributed by atoms with Crippen molar-refractivity contribution in [2.45, 2.75) is 13.0 Å². The zero-order valence-electron chi connectivity index (χ0n) is 10.6. The molecule has 0 aliphatic carbocycles. The molecule has 0 aliphatic heterocycles. The molecular formula is C14H12BrF3N2. The number of hydrogen-bond donors (Lipinski definition) is 2. The summed E-state index contributed by atoms with van der Waals surface area (Å²) in [6, 6.07) is 5.80. The van der Waals surface area contributed by atoms with Crippen LogP contribution in [0.4, 0.5) is 13.2 Å². The van der Waals surface area contributed by atoms with Gasteiger partial charge < -0.3 is 0 Å². The van der Waals surface area contributed by atoms with Crippen LogP contribution >= 0.6 is 15.9 Å². The molecule has 3 N–H and O–H groups in total. The molecule has 0 bridgehead atoms. The molecule has 0 spiro atoms. The third kappa shape index (κ3) is 2.72. The van der Waals surface area contributed by atoms with Gasteiger partial charge in [0.25, 0.3) is 0 Å². The van der Waals surface area contributed by atoms with Gasteiger partial charge in [0.15, 0.2) is 0 Å². The largest absolute Gasteiger partial charge is 0.271 e. The molecule has 0 saturated heterocycles. The molecule has 0 amide bonds. The fraction of sp³-hybridized carbons (Fsp3) is 0.143. The lowest BCUT2D eigenvalue weighted by Crippen LogP contribution is -2.30. The van der Waals surface area contributed by atoms with Gasteiger partial charge in [-0.15, -0.1) is 0 Å². The fourth-order valence-electron chi connectivity index (χ4n) is 1.99. The van der Waals surface area contributed by atoms with Crippen LogP contribution in [-0.2, 0) is 0 Å². The van der Waals surface area contributed by atoms with E-state index in [9.17, 15) is 13.2 Å². The van der Waals surface area contributed by atoms with Crippen LogP contribution < -0.4 is 11.3 Å². The average molecular weight is 345 g/mol. The van der Waals surface area contributed by atoms with Crippen molar-refractivity contribution in [1.82, 2.24) is 5.43 Å². The van der Waals surface area contributed by atoms with Crippen molar-refractivity contribution in [3.63, 3.8) is 0 Å². The van der Waals surface area contributed by atoms with Crippen molar-refractivity contribution in [3.8, 4) is 0 Å². The molecule has 0 saturated carbocycles. The maximum Gasteiger partial charge on any atom is 0.142 e. The van der Waals surface area contributed by atoms with Crippen LogP contribution in [0.15, 0.2) is 34.8 Å². The number of rotatable bonds is 3. The maximum absolute atomic E-state index is 14.1. The predicted octanol–water partition coefficient (Wildman–Crippen LogP) is 3.73. The topological polar surface area (TPSA) is 38.0 Å². The molecule has 0 radical (unpaired) electrons. The van der Waals surface area contributed by atoms with Crippen LogP contribution in [0.2, 0.25) is 0 Å². The number of hydrazine groups is 1. The summed E-state index contributed by atoms with van der Waals surface area (Å²) in [7, 11) is 0. The third-order valence-electron chi connectivity index (χ3n) is 3.05. The summed E-state index contributed by atoms with van der Waals surface area (Å²) < 4.78 is 41.6. The highest BCUT2D eigenvalue weighted by molar-refractivity contribution is 9.10. The molecule has 2 aromatic rings. The van der Waals surface area contributed by atoms with E-state index in [1.54, 1.807) is 6.07 Å². The van der Waals surface area contributed by atoms with Crippen molar-refractivity contribution in [2.75, 3.05) is 0 Å². The summed E-state index contributed by atoms with van der Waals surface area (Å²) in [4.78, 5) is 0. The van der Waals surface area contributed by atoms with Gasteiger partial charge in [0.2, 0.25) is 0 Å². The van der Waals surface area contributed by atoms with Gasteiger partial charge in [-0.25, -0.2) is 18.6 Å². The Morgan fingerprint density at radius 3 is 2.45 bits per heavy atom. The molecule has 0 aliphatic rings. The van der Waals surface area contributed by atoms with Crippen LogP contribution in [0.3, 0.4) is 0 Å². The first-order chi connectivity index (χ1) is 9.45. The van der Waals surface area contributed by atoms with E-state index in [1.165, 1.54) is 25.1 Å². The van der Waals surface area contributed by atoms with Gasteiger partial charge in [-0.3, -0.25) is 5.84 Å². The molecule has 0 heterocycles. The summed E-state index contributed by atoms with van der Waals surface area (Å²) in [6.45, 7) is 1.50. The molecule has 2 rings (SSSR count). The molecule has 2 nitrogen and oxygen atoms in total. The summed E-state index contributed by atoms with van der Waals surface area (Å²) in [5, 5.41) is 0. The van der Waals surface area contributed by atoms with Crippen molar-refractivity contribution in [3.05, 3.63) is 68.9 Å². The lowest BCUT2D eigenvalue weighted by atomic mass is 9.96. The Balaban J connectivity index is 2.58. The summed E-state index contributed by atoms with van der Waals surface area (Å²) in [6.07, 6.45) is 0. The monoisotopic (exact) mass is 344 g/mol. The van der Waals surface area contributed by atoms with Gasteiger partial charge in [-0.1, -0.05) is 12.1 Å². The summed E-state index contributed by atoms with van der Waals surface area (Å²) in [5.74, 6) is 3.44. The van der Waals surface area contributed by atoms with Crippen LogP contribution in [0, 0.1) is 24.4 Å². The highest BCUT2D eigenvalue weighted by Gasteiger charge is 2.22. The quantitative estimate of drug-likeness (QED) is 0.657. The van der Waals surface area contributed by atoms with E-state index >= 15 is 0 Å². The molecule has 20 heavy (non-hydrogen) atoms. The van der Waals surface area contributed by atoms with E-state index in [2.05, 4.69) is 21.4 Å². The van der Waals surface area contributed by atoms with E-state index in [4.69, 9.17) is 5.84 Å². The van der Waals surface area contributed by atoms with Crippen LogP contribution in [-0.4, -0.2) is 0 Å². The fourth-order valence-corrected chi connectivity index (χ4v) is 2.37. The number of aryl methyl sites for hydroxylation is 1. The van der Waals surface area contributed by atoms with Crippen molar-refractivity contribution < 1.29 is 13.2 Å². The van der Waals surface area contributed by atoms with Crippen molar-refractivity contribution in [2.24, 2.45) is 5.84 Å². The molecule has 106 valence electrons. The SMILES string of the molecule is Cc1cc(C(NN)c2cccc(Br)c2F)c(F)cc1F. The van der Waals surface area contributed by atoms with Crippen LogP contribution in [0.5, 0.6) is 0 Å². The number of benzene rings is 2. The number of nitrogens with one attached hydrogen (secondary N) is 1. The Labute approximate surface area is 122 Å². The lowest BCUT2D eigenvalue weighted by molar-refractivity contribution is 0.518. The van der Waals surface area contributed by atoms with E-state index in [-0.39, 0.29) is 21.2 Å². The zero-order chi connectivity index (χ0) is 14.9. The average Bonchev–Trinajstić information content (AvgIpc) is 2.41. The molecule has 0 aromatic heterocycles. The smallest absolute Gasteiger partial charge is 0.142 e. The second-order valence-corrected chi connectivity index (χ2v) is 5.22. The Kier molecular flexibility index (Phi) is 4.47. The summed E-state index contributed by atoms with van der Waals surface area (Å²) >= 11 is 3.06. The van der Waals surface area contributed by atoms with Gasteiger partial charge in [-0.05, 0) is 40.5 Å². The van der Waals surface area contributed by atoms with E-state index < -0.39 is 23.5 Å². The highest BCUT2D eigenvalue weighted by atomic mass is 79.9.